The number of fused-ring (bicyclic) bond motifs is 1. The molecular formula is C21H26N6O3. The van der Waals surface area contributed by atoms with Crippen molar-refractivity contribution in [3.8, 4) is 0 Å². The summed E-state index contributed by atoms with van der Waals surface area (Å²) in [6.45, 7) is 5.55. The highest BCUT2D eigenvalue weighted by atomic mass is 16.5. The van der Waals surface area contributed by atoms with Gasteiger partial charge >= 0.3 is 0 Å². The van der Waals surface area contributed by atoms with Gasteiger partial charge in [0.1, 0.15) is 0 Å². The molecule has 0 N–H and O–H groups in total. The van der Waals surface area contributed by atoms with Crippen LogP contribution in [-0.2, 0) is 18.3 Å². The monoisotopic (exact) mass is 410 g/mol. The molecule has 1 aliphatic heterocycles. The molecule has 9 heteroatoms. The summed E-state index contributed by atoms with van der Waals surface area (Å²) in [6, 6.07) is 7.54. The van der Waals surface area contributed by atoms with Crippen molar-refractivity contribution >= 4 is 22.5 Å². The van der Waals surface area contributed by atoms with E-state index in [9.17, 15) is 9.59 Å². The van der Waals surface area contributed by atoms with Gasteiger partial charge < -0.3 is 14.5 Å². The molecule has 0 bridgehead atoms. The fourth-order valence-electron chi connectivity index (χ4n) is 3.69. The minimum absolute atomic E-state index is 0.0323. The SMILES string of the molecule is COCCn1cnc2cc(N3CCN(C(=O)c4cc(C)n(C)n4)CC3)ccc2c1=O. The van der Waals surface area contributed by atoms with Gasteiger partial charge in [-0.2, -0.15) is 5.10 Å². The highest BCUT2D eigenvalue weighted by Gasteiger charge is 2.24. The van der Waals surface area contributed by atoms with E-state index in [0.717, 1.165) is 11.4 Å². The maximum Gasteiger partial charge on any atom is 0.274 e. The predicted molar refractivity (Wildman–Crippen MR) is 114 cm³/mol. The van der Waals surface area contributed by atoms with Crippen LogP contribution in [0, 0.1) is 6.92 Å². The normalized spacial score (nSPS) is 14.5. The molecule has 3 heterocycles. The zero-order valence-electron chi connectivity index (χ0n) is 17.5. The Kier molecular flexibility index (Phi) is 5.54. The average molecular weight is 410 g/mol. The van der Waals surface area contributed by atoms with Crippen LogP contribution in [0.2, 0.25) is 0 Å². The fourth-order valence-corrected chi connectivity index (χ4v) is 3.69. The van der Waals surface area contributed by atoms with Crippen LogP contribution in [0.1, 0.15) is 16.2 Å². The zero-order chi connectivity index (χ0) is 21.3. The van der Waals surface area contributed by atoms with Crippen LogP contribution < -0.4 is 10.5 Å². The lowest BCUT2D eigenvalue weighted by molar-refractivity contribution is 0.0740. The van der Waals surface area contributed by atoms with Crippen molar-refractivity contribution < 1.29 is 9.53 Å². The first-order valence-electron chi connectivity index (χ1n) is 10.0. The fraction of sp³-hybridized carbons (Fsp3) is 0.429. The van der Waals surface area contributed by atoms with E-state index in [-0.39, 0.29) is 11.5 Å². The molecule has 9 nitrogen and oxygen atoms in total. The van der Waals surface area contributed by atoms with Gasteiger partial charge in [0.05, 0.1) is 30.4 Å². The second-order valence-corrected chi connectivity index (χ2v) is 7.51. The Morgan fingerprint density at radius 3 is 2.60 bits per heavy atom. The zero-order valence-corrected chi connectivity index (χ0v) is 17.5. The molecule has 1 aliphatic rings. The maximum atomic E-state index is 12.7. The molecule has 158 valence electrons. The minimum atomic E-state index is -0.0651. The van der Waals surface area contributed by atoms with Crippen molar-refractivity contribution in [2.45, 2.75) is 13.5 Å². The topological polar surface area (TPSA) is 85.5 Å². The number of rotatable bonds is 5. The summed E-state index contributed by atoms with van der Waals surface area (Å²) in [5, 5.41) is 4.89. The Morgan fingerprint density at radius 2 is 1.93 bits per heavy atom. The largest absolute Gasteiger partial charge is 0.383 e. The number of aromatic nitrogens is 4. The van der Waals surface area contributed by atoms with Gasteiger partial charge in [-0.25, -0.2) is 4.98 Å². The molecule has 0 saturated carbocycles. The van der Waals surface area contributed by atoms with Crippen molar-refractivity contribution in [3.05, 3.63) is 52.3 Å². The third-order valence-corrected chi connectivity index (χ3v) is 5.61. The van der Waals surface area contributed by atoms with Gasteiger partial charge in [-0.3, -0.25) is 18.8 Å². The molecule has 1 fully saturated rings. The van der Waals surface area contributed by atoms with Crippen molar-refractivity contribution in [1.82, 2.24) is 24.2 Å². The highest BCUT2D eigenvalue weighted by molar-refractivity contribution is 5.92. The lowest BCUT2D eigenvalue weighted by Gasteiger charge is -2.35. The number of nitrogens with zero attached hydrogens (tertiary/aromatic N) is 6. The number of carbonyl (C=O) groups is 1. The lowest BCUT2D eigenvalue weighted by atomic mass is 10.2. The number of carbonyl (C=O) groups excluding carboxylic acids is 1. The first kappa shape index (κ1) is 20.1. The van der Waals surface area contributed by atoms with Crippen molar-refractivity contribution in [3.63, 3.8) is 0 Å². The molecule has 0 atom stereocenters. The molecule has 2 aromatic heterocycles. The van der Waals surface area contributed by atoms with Crippen LogP contribution >= 0.6 is 0 Å². The Hall–Kier alpha value is -3.20. The minimum Gasteiger partial charge on any atom is -0.383 e. The molecule has 0 aliphatic carbocycles. The molecule has 0 unspecified atom stereocenters. The summed E-state index contributed by atoms with van der Waals surface area (Å²) in [5.74, 6) is -0.0323. The Bertz CT molecular complexity index is 1110. The van der Waals surface area contributed by atoms with Crippen LogP contribution in [0.3, 0.4) is 0 Å². The summed E-state index contributed by atoms with van der Waals surface area (Å²) in [4.78, 5) is 33.8. The number of methoxy groups -OCH3 is 1. The second kappa shape index (κ2) is 8.27. The van der Waals surface area contributed by atoms with Crippen LogP contribution in [0.15, 0.2) is 35.4 Å². The highest BCUT2D eigenvalue weighted by Crippen LogP contribution is 2.21. The summed E-state index contributed by atoms with van der Waals surface area (Å²) in [6.07, 6.45) is 1.57. The molecule has 30 heavy (non-hydrogen) atoms. The standard InChI is InChI=1S/C21H26N6O3/c1-15-12-19(23-24(15)2)21(29)26-8-6-25(7-9-26)16-4-5-17-18(13-16)22-14-27(20(17)28)10-11-30-3/h4-5,12-14H,6-11H2,1-3H3. The van der Waals surface area contributed by atoms with Crippen LogP contribution in [-0.4, -0.2) is 70.0 Å². The molecular weight excluding hydrogens is 384 g/mol. The number of piperazine rings is 1. The molecule has 0 spiro atoms. The number of benzene rings is 1. The van der Waals surface area contributed by atoms with E-state index < -0.39 is 0 Å². The van der Waals surface area contributed by atoms with E-state index >= 15 is 0 Å². The summed E-state index contributed by atoms with van der Waals surface area (Å²) in [7, 11) is 3.45. The van der Waals surface area contributed by atoms with Crippen molar-refractivity contribution in [2.75, 3.05) is 44.8 Å². The smallest absolute Gasteiger partial charge is 0.274 e. The first-order valence-corrected chi connectivity index (χ1v) is 10.0. The molecule has 1 aromatic carbocycles. The number of hydrogen-bond donors (Lipinski definition) is 0. The van der Waals surface area contributed by atoms with Gasteiger partial charge in [0, 0.05) is 51.7 Å². The number of ether oxygens (including phenoxy) is 1. The van der Waals surface area contributed by atoms with Crippen LogP contribution in [0.5, 0.6) is 0 Å². The first-order chi connectivity index (χ1) is 14.5. The van der Waals surface area contributed by atoms with Gasteiger partial charge in [0.15, 0.2) is 5.69 Å². The van der Waals surface area contributed by atoms with Crippen LogP contribution in [0.4, 0.5) is 5.69 Å². The van der Waals surface area contributed by atoms with Crippen molar-refractivity contribution in [2.24, 2.45) is 7.05 Å². The van der Waals surface area contributed by atoms with E-state index in [1.807, 2.05) is 43.1 Å². The Balaban J connectivity index is 1.46. The van der Waals surface area contributed by atoms with Crippen molar-refractivity contribution in [1.29, 1.82) is 0 Å². The molecule has 3 aromatic rings. The Labute approximate surface area is 174 Å². The number of amides is 1. The third-order valence-electron chi connectivity index (χ3n) is 5.61. The van der Waals surface area contributed by atoms with Gasteiger partial charge in [-0.05, 0) is 31.2 Å². The summed E-state index contributed by atoms with van der Waals surface area (Å²) in [5.41, 5.74) is 3.06. The molecule has 1 amide bonds. The van der Waals surface area contributed by atoms with E-state index in [1.165, 1.54) is 0 Å². The van der Waals surface area contributed by atoms with Crippen LogP contribution in [0.25, 0.3) is 10.9 Å². The van der Waals surface area contributed by atoms with Gasteiger partial charge in [0.25, 0.3) is 11.5 Å². The molecule has 4 rings (SSSR count). The number of anilines is 1. The van der Waals surface area contributed by atoms with E-state index in [2.05, 4.69) is 15.0 Å². The Morgan fingerprint density at radius 1 is 1.17 bits per heavy atom. The number of aryl methyl sites for hydroxylation is 2. The van der Waals surface area contributed by atoms with E-state index in [4.69, 9.17) is 4.74 Å². The van der Waals surface area contributed by atoms with Gasteiger partial charge in [-0.15, -0.1) is 0 Å². The number of hydrogen-bond acceptors (Lipinski definition) is 6. The van der Waals surface area contributed by atoms with E-state index in [1.54, 1.807) is 22.7 Å². The second-order valence-electron chi connectivity index (χ2n) is 7.51. The quantitative estimate of drug-likeness (QED) is 0.625. The summed E-state index contributed by atoms with van der Waals surface area (Å²) >= 11 is 0. The molecule has 0 radical (unpaired) electrons. The lowest BCUT2D eigenvalue weighted by Crippen LogP contribution is -2.49. The third kappa shape index (κ3) is 3.80. The van der Waals surface area contributed by atoms with Gasteiger partial charge in [-0.1, -0.05) is 0 Å². The molecule has 1 saturated heterocycles. The maximum absolute atomic E-state index is 12.7. The predicted octanol–water partition coefficient (Wildman–Crippen LogP) is 1.05. The summed E-state index contributed by atoms with van der Waals surface area (Å²) < 4.78 is 8.33. The van der Waals surface area contributed by atoms with E-state index in [0.29, 0.717) is 55.9 Å². The average Bonchev–Trinajstić information content (AvgIpc) is 3.11. The van der Waals surface area contributed by atoms with Gasteiger partial charge in [0.2, 0.25) is 0 Å².